The molecule has 0 spiro atoms. The van der Waals surface area contributed by atoms with E-state index in [2.05, 4.69) is 5.10 Å². The van der Waals surface area contributed by atoms with Crippen LogP contribution in [0.1, 0.15) is 31.8 Å². The van der Waals surface area contributed by atoms with E-state index in [1.165, 1.54) is 30.3 Å². The number of rotatable bonds is 4. The number of carboxylic acids is 1. The Labute approximate surface area is 190 Å². The molecule has 0 aliphatic heterocycles. The molecule has 0 unspecified atom stereocenters. The minimum Gasteiger partial charge on any atom is -0.478 e. The largest absolute Gasteiger partial charge is 0.478 e. The zero-order chi connectivity index (χ0) is 23.9. The summed E-state index contributed by atoms with van der Waals surface area (Å²) in [4.78, 5) is 24.5. The molecular formula is C23H15ClF3N3O3. The molecule has 0 fully saturated rings. The van der Waals surface area contributed by atoms with Crippen LogP contribution in [-0.4, -0.2) is 26.8 Å². The molecule has 3 N–H and O–H groups in total. The number of carbonyl (C=O) groups excluding carboxylic acids is 1. The van der Waals surface area contributed by atoms with E-state index in [1.54, 1.807) is 18.2 Å². The molecule has 3 aromatic carbocycles. The Morgan fingerprint density at radius 3 is 2.36 bits per heavy atom. The zero-order valence-corrected chi connectivity index (χ0v) is 17.5. The van der Waals surface area contributed by atoms with Crippen molar-refractivity contribution in [1.82, 2.24) is 9.78 Å². The number of aromatic nitrogens is 2. The molecule has 4 rings (SSSR count). The summed E-state index contributed by atoms with van der Waals surface area (Å²) in [7, 11) is 0. The third kappa shape index (κ3) is 4.08. The molecule has 1 heterocycles. The van der Waals surface area contributed by atoms with Crippen molar-refractivity contribution in [3.8, 4) is 11.3 Å². The first-order valence-electron chi connectivity index (χ1n) is 9.57. The first kappa shape index (κ1) is 22.5. The first-order chi connectivity index (χ1) is 15.6. The summed E-state index contributed by atoms with van der Waals surface area (Å²) in [6.07, 6.45) is -4.81. The van der Waals surface area contributed by atoms with E-state index >= 15 is 0 Å². The highest BCUT2D eigenvalue weighted by atomic mass is 35.5. The molecule has 33 heavy (non-hydrogen) atoms. The van der Waals surface area contributed by atoms with Gasteiger partial charge in [0.15, 0.2) is 0 Å². The van der Waals surface area contributed by atoms with Gasteiger partial charge in [0.2, 0.25) is 0 Å². The maximum Gasteiger partial charge on any atom is 0.417 e. The van der Waals surface area contributed by atoms with Crippen LogP contribution in [0.15, 0.2) is 60.7 Å². The molecular weight excluding hydrogens is 459 g/mol. The van der Waals surface area contributed by atoms with Crippen molar-refractivity contribution in [3.05, 3.63) is 87.9 Å². The molecule has 0 aliphatic carbocycles. The Morgan fingerprint density at radius 1 is 1.06 bits per heavy atom. The van der Waals surface area contributed by atoms with E-state index in [1.807, 2.05) is 0 Å². The highest BCUT2D eigenvalue weighted by molar-refractivity contribution is 6.34. The number of nitrogens with zero attached hydrogens (tertiary/aromatic N) is 2. The van der Waals surface area contributed by atoms with Crippen LogP contribution in [0.5, 0.6) is 0 Å². The standard InChI is InChI=1S/C23H15ClF3N3O3/c24-17-3-1-2-16(23(25,26)27)19(17)21(31)30-18-10-12(11-28)4-9-15(18)20(29-30)13-5-7-14(8-6-13)22(32)33/h1-10H,11,28H2,(H,32,33). The monoisotopic (exact) mass is 473 g/mol. The van der Waals surface area contributed by atoms with Crippen molar-refractivity contribution in [2.24, 2.45) is 5.73 Å². The number of carbonyl (C=O) groups is 2. The van der Waals surface area contributed by atoms with Crippen LogP contribution in [0.2, 0.25) is 5.02 Å². The number of fused-ring (bicyclic) bond motifs is 1. The van der Waals surface area contributed by atoms with Crippen molar-refractivity contribution in [1.29, 1.82) is 0 Å². The van der Waals surface area contributed by atoms with Crippen LogP contribution in [0.25, 0.3) is 22.2 Å². The molecule has 0 saturated heterocycles. The van der Waals surface area contributed by atoms with Crippen LogP contribution >= 0.6 is 11.6 Å². The van der Waals surface area contributed by atoms with E-state index in [0.29, 0.717) is 22.2 Å². The van der Waals surface area contributed by atoms with E-state index in [0.717, 1.165) is 16.8 Å². The second kappa shape index (κ2) is 8.34. The molecule has 6 nitrogen and oxygen atoms in total. The Bertz CT molecular complexity index is 1400. The number of hydrogen-bond acceptors (Lipinski definition) is 4. The fourth-order valence-electron chi connectivity index (χ4n) is 3.51. The van der Waals surface area contributed by atoms with Gasteiger partial charge in [-0.25, -0.2) is 4.79 Å². The summed E-state index contributed by atoms with van der Waals surface area (Å²) < 4.78 is 41.7. The highest BCUT2D eigenvalue weighted by Crippen LogP contribution is 2.36. The molecule has 0 aliphatic rings. The molecule has 0 radical (unpaired) electrons. The van der Waals surface area contributed by atoms with E-state index in [-0.39, 0.29) is 22.6 Å². The fraction of sp³-hybridized carbons (Fsp3) is 0.0870. The lowest BCUT2D eigenvalue weighted by Crippen LogP contribution is -2.20. The van der Waals surface area contributed by atoms with Crippen LogP contribution in [-0.2, 0) is 12.7 Å². The van der Waals surface area contributed by atoms with Gasteiger partial charge in [0.1, 0.15) is 5.69 Å². The quantitative estimate of drug-likeness (QED) is 0.423. The van der Waals surface area contributed by atoms with Gasteiger partial charge < -0.3 is 10.8 Å². The first-order valence-corrected chi connectivity index (χ1v) is 9.95. The number of hydrogen-bond donors (Lipinski definition) is 2. The Morgan fingerprint density at radius 2 is 1.76 bits per heavy atom. The molecule has 168 valence electrons. The van der Waals surface area contributed by atoms with Crippen LogP contribution < -0.4 is 5.73 Å². The summed E-state index contributed by atoms with van der Waals surface area (Å²) in [6.45, 7) is 0.137. The van der Waals surface area contributed by atoms with Crippen LogP contribution in [0.4, 0.5) is 13.2 Å². The SMILES string of the molecule is NCc1ccc2c(-c3ccc(C(=O)O)cc3)nn(C(=O)c3c(Cl)cccc3C(F)(F)F)c2c1. The number of alkyl halides is 3. The van der Waals surface area contributed by atoms with Gasteiger partial charge in [-0.3, -0.25) is 4.79 Å². The average molecular weight is 474 g/mol. The molecule has 1 aromatic heterocycles. The summed E-state index contributed by atoms with van der Waals surface area (Å²) in [5, 5.41) is 13.5. The third-order valence-corrected chi connectivity index (χ3v) is 5.43. The molecule has 0 amide bonds. The smallest absolute Gasteiger partial charge is 0.417 e. The van der Waals surface area contributed by atoms with Crippen molar-refractivity contribution < 1.29 is 27.9 Å². The van der Waals surface area contributed by atoms with Gasteiger partial charge in [-0.2, -0.15) is 23.0 Å². The number of halogens is 4. The van der Waals surface area contributed by atoms with E-state index < -0.39 is 29.2 Å². The Balaban J connectivity index is 1.96. The molecule has 0 bridgehead atoms. The van der Waals surface area contributed by atoms with Crippen molar-refractivity contribution in [2.75, 3.05) is 0 Å². The average Bonchev–Trinajstić information content (AvgIpc) is 3.16. The highest BCUT2D eigenvalue weighted by Gasteiger charge is 2.37. The lowest BCUT2D eigenvalue weighted by Gasteiger charge is -2.13. The van der Waals surface area contributed by atoms with Gasteiger partial charge in [0, 0.05) is 17.5 Å². The maximum atomic E-state index is 13.6. The number of carboxylic acid groups (broad SMARTS) is 1. The minimum absolute atomic E-state index is 0.0508. The van der Waals surface area contributed by atoms with Gasteiger partial charge in [0.25, 0.3) is 5.91 Å². The number of benzene rings is 3. The van der Waals surface area contributed by atoms with E-state index in [9.17, 15) is 22.8 Å². The molecule has 0 atom stereocenters. The van der Waals surface area contributed by atoms with Gasteiger partial charge >= 0.3 is 12.1 Å². The van der Waals surface area contributed by atoms with Crippen LogP contribution in [0, 0.1) is 0 Å². The maximum absolute atomic E-state index is 13.6. The zero-order valence-electron chi connectivity index (χ0n) is 16.7. The molecule has 0 saturated carbocycles. The minimum atomic E-state index is -4.81. The topological polar surface area (TPSA) is 98.2 Å². The van der Waals surface area contributed by atoms with E-state index in [4.69, 9.17) is 22.4 Å². The molecule has 4 aromatic rings. The number of nitrogens with two attached hydrogens (primary N) is 1. The summed E-state index contributed by atoms with van der Waals surface area (Å²) in [5.41, 5.74) is 5.51. The predicted octanol–water partition coefficient (Wildman–Crippen LogP) is 5.22. The van der Waals surface area contributed by atoms with Gasteiger partial charge in [-0.05, 0) is 35.9 Å². The molecule has 10 heteroatoms. The van der Waals surface area contributed by atoms with Crippen molar-refractivity contribution >= 4 is 34.4 Å². The van der Waals surface area contributed by atoms with Gasteiger partial charge in [-0.15, -0.1) is 0 Å². The second-order valence-electron chi connectivity index (χ2n) is 7.16. The summed E-state index contributed by atoms with van der Waals surface area (Å²) in [5.74, 6) is -2.17. The normalized spacial score (nSPS) is 11.7. The third-order valence-electron chi connectivity index (χ3n) is 5.11. The van der Waals surface area contributed by atoms with Crippen molar-refractivity contribution in [2.45, 2.75) is 12.7 Å². The van der Waals surface area contributed by atoms with Crippen LogP contribution in [0.3, 0.4) is 0 Å². The predicted molar refractivity (Wildman–Crippen MR) is 116 cm³/mol. The Kier molecular flexibility index (Phi) is 5.69. The summed E-state index contributed by atoms with van der Waals surface area (Å²) in [6, 6.07) is 13.8. The lowest BCUT2D eigenvalue weighted by atomic mass is 10.0. The number of aromatic carboxylic acids is 1. The van der Waals surface area contributed by atoms with Gasteiger partial charge in [-0.1, -0.05) is 41.9 Å². The van der Waals surface area contributed by atoms with Crippen molar-refractivity contribution in [3.63, 3.8) is 0 Å². The fourth-order valence-corrected chi connectivity index (χ4v) is 3.77. The second-order valence-corrected chi connectivity index (χ2v) is 7.57. The van der Waals surface area contributed by atoms with Gasteiger partial charge in [0.05, 0.1) is 27.2 Å². The lowest BCUT2D eigenvalue weighted by molar-refractivity contribution is -0.137. The Hall–Kier alpha value is -3.69. The summed E-state index contributed by atoms with van der Waals surface area (Å²) >= 11 is 6.02.